The lowest BCUT2D eigenvalue weighted by Gasteiger charge is -2.11. The molecule has 0 aliphatic rings. The summed E-state index contributed by atoms with van der Waals surface area (Å²) in [7, 11) is 5.01. The number of hydrogen-bond acceptors (Lipinski definition) is 1. The molecule has 2 heteroatoms. The molecule has 0 unspecified atom stereocenters. The van der Waals surface area contributed by atoms with Crippen LogP contribution in [0.25, 0.3) is 0 Å². The molecule has 0 aromatic heterocycles. The van der Waals surface area contributed by atoms with Crippen LogP contribution in [0.4, 0.5) is 0 Å². The normalized spacial score (nSPS) is 10.8. The van der Waals surface area contributed by atoms with Crippen LogP contribution in [0.3, 0.4) is 0 Å². The summed E-state index contributed by atoms with van der Waals surface area (Å²) in [5.41, 5.74) is 2.83. The van der Waals surface area contributed by atoms with E-state index in [1.54, 1.807) is 0 Å². The molecule has 0 aliphatic heterocycles. The third kappa shape index (κ3) is 2.19. The van der Waals surface area contributed by atoms with Crippen LogP contribution in [0.2, 0.25) is 0 Å². The summed E-state index contributed by atoms with van der Waals surface area (Å²) < 4.78 is 2.22. The zero-order chi connectivity index (χ0) is 9.14. The topological polar surface area (TPSA) is 3.24 Å². The van der Waals surface area contributed by atoms with Gasteiger partial charge in [0.15, 0.2) is 9.68 Å². The third-order valence-electron chi connectivity index (χ3n) is 1.95. The van der Waals surface area contributed by atoms with Crippen molar-refractivity contribution in [1.82, 2.24) is 4.57 Å². The lowest BCUT2D eigenvalue weighted by atomic mass is 10.1. The Morgan fingerprint density at radius 3 is 2.42 bits per heavy atom. The second-order valence-electron chi connectivity index (χ2n) is 3.25. The Labute approximate surface area is 77.3 Å². The van der Waals surface area contributed by atoms with Crippen LogP contribution in [-0.4, -0.2) is 28.3 Å². The van der Waals surface area contributed by atoms with Crippen molar-refractivity contribution in [2.24, 2.45) is 0 Å². The van der Waals surface area contributed by atoms with E-state index in [4.69, 9.17) is 0 Å². The van der Waals surface area contributed by atoms with Crippen LogP contribution < -0.4 is 5.19 Å². The van der Waals surface area contributed by atoms with Crippen LogP contribution in [0.1, 0.15) is 11.1 Å². The summed E-state index contributed by atoms with van der Waals surface area (Å²) in [6.45, 7) is 4.36. The van der Waals surface area contributed by atoms with E-state index in [9.17, 15) is 0 Å². The Balaban J connectivity index is 2.92. The molecule has 0 saturated heterocycles. The molecule has 0 amide bonds. The van der Waals surface area contributed by atoms with Gasteiger partial charge in [0.1, 0.15) is 0 Å². The summed E-state index contributed by atoms with van der Waals surface area (Å²) in [6.07, 6.45) is 0. The van der Waals surface area contributed by atoms with Crippen LogP contribution in [0, 0.1) is 13.8 Å². The fraction of sp³-hybridized carbons (Fsp3) is 0.400. The van der Waals surface area contributed by atoms with Crippen molar-refractivity contribution >= 4 is 14.9 Å². The molecule has 2 radical (unpaired) electrons. The highest BCUT2D eigenvalue weighted by Crippen LogP contribution is 2.01. The first-order valence-corrected chi connectivity index (χ1v) is 5.06. The minimum Gasteiger partial charge on any atom is -0.327 e. The Bertz CT molecular complexity index is 269. The van der Waals surface area contributed by atoms with Gasteiger partial charge in [-0.15, -0.1) is 0 Å². The van der Waals surface area contributed by atoms with Gasteiger partial charge in [0, 0.05) is 0 Å². The third-order valence-corrected chi connectivity index (χ3v) is 3.18. The van der Waals surface area contributed by atoms with Crippen molar-refractivity contribution in [3.63, 3.8) is 0 Å². The molecule has 64 valence electrons. The minimum atomic E-state index is 0.789. The molecule has 1 aromatic carbocycles. The molecule has 1 nitrogen and oxygen atoms in total. The molecule has 0 bridgehead atoms. The maximum absolute atomic E-state index is 2.22. The molecule has 0 heterocycles. The SMILES string of the molecule is Cc1cccc([Si]N(C)C)c1C. The van der Waals surface area contributed by atoms with Gasteiger partial charge in [-0.1, -0.05) is 18.2 Å². The van der Waals surface area contributed by atoms with Crippen LogP contribution in [0.15, 0.2) is 18.2 Å². The van der Waals surface area contributed by atoms with E-state index >= 15 is 0 Å². The molecule has 12 heavy (non-hydrogen) atoms. The van der Waals surface area contributed by atoms with E-state index in [-0.39, 0.29) is 0 Å². The van der Waals surface area contributed by atoms with Gasteiger partial charge < -0.3 is 4.57 Å². The van der Waals surface area contributed by atoms with Crippen LogP contribution >= 0.6 is 0 Å². The maximum Gasteiger partial charge on any atom is 0.182 e. The Morgan fingerprint density at radius 2 is 1.83 bits per heavy atom. The van der Waals surface area contributed by atoms with Gasteiger partial charge in [0.25, 0.3) is 0 Å². The summed E-state index contributed by atoms with van der Waals surface area (Å²) in [4.78, 5) is 0. The fourth-order valence-electron chi connectivity index (χ4n) is 1.11. The monoisotopic (exact) mass is 177 g/mol. The average molecular weight is 177 g/mol. The quantitative estimate of drug-likeness (QED) is 0.612. The zero-order valence-electron chi connectivity index (χ0n) is 8.18. The molecule has 1 aromatic rings. The van der Waals surface area contributed by atoms with Gasteiger partial charge >= 0.3 is 0 Å². The van der Waals surface area contributed by atoms with Gasteiger partial charge in [-0.2, -0.15) is 0 Å². The average Bonchev–Trinajstić information content (AvgIpc) is 1.98. The predicted molar refractivity (Wildman–Crippen MR) is 55.0 cm³/mol. The molecule has 0 aliphatic carbocycles. The first kappa shape index (κ1) is 9.48. The van der Waals surface area contributed by atoms with E-state index in [0.29, 0.717) is 0 Å². The van der Waals surface area contributed by atoms with E-state index < -0.39 is 0 Å². The van der Waals surface area contributed by atoms with E-state index in [2.05, 4.69) is 50.7 Å². The molecule has 0 N–H and O–H groups in total. The highest BCUT2D eigenvalue weighted by Gasteiger charge is 2.02. The van der Waals surface area contributed by atoms with Crippen molar-refractivity contribution in [2.75, 3.05) is 14.1 Å². The lowest BCUT2D eigenvalue weighted by Crippen LogP contribution is -2.31. The second-order valence-corrected chi connectivity index (χ2v) is 4.91. The molecular weight excluding hydrogens is 162 g/mol. The summed E-state index contributed by atoms with van der Waals surface area (Å²) in [5, 5.41) is 1.46. The predicted octanol–water partition coefficient (Wildman–Crippen LogP) is 1.11. The first-order valence-electron chi connectivity index (χ1n) is 4.11. The number of rotatable bonds is 2. The molecule has 0 atom stereocenters. The Hall–Kier alpha value is -0.603. The zero-order valence-corrected chi connectivity index (χ0v) is 9.18. The van der Waals surface area contributed by atoms with Gasteiger partial charge in [0.2, 0.25) is 0 Å². The lowest BCUT2D eigenvalue weighted by molar-refractivity contribution is 0.669. The van der Waals surface area contributed by atoms with Gasteiger partial charge in [-0.05, 0) is 44.3 Å². The van der Waals surface area contributed by atoms with Crippen molar-refractivity contribution in [3.05, 3.63) is 29.3 Å². The van der Waals surface area contributed by atoms with E-state index in [0.717, 1.165) is 9.68 Å². The number of benzene rings is 1. The highest BCUT2D eigenvalue weighted by molar-refractivity contribution is 6.51. The van der Waals surface area contributed by atoms with Crippen LogP contribution in [-0.2, 0) is 0 Å². The Kier molecular flexibility index (Phi) is 3.06. The van der Waals surface area contributed by atoms with Gasteiger partial charge in [-0.3, -0.25) is 0 Å². The summed E-state index contributed by atoms with van der Waals surface area (Å²) in [6, 6.07) is 6.51. The fourth-order valence-corrected chi connectivity index (χ4v) is 2.13. The molecular formula is C10H15NSi. The summed E-state index contributed by atoms with van der Waals surface area (Å²) >= 11 is 0. The van der Waals surface area contributed by atoms with Crippen molar-refractivity contribution in [3.8, 4) is 0 Å². The largest absolute Gasteiger partial charge is 0.327 e. The minimum absolute atomic E-state index is 0.789. The highest BCUT2D eigenvalue weighted by atomic mass is 28.2. The van der Waals surface area contributed by atoms with Gasteiger partial charge in [-0.25, -0.2) is 0 Å². The van der Waals surface area contributed by atoms with E-state index in [1.807, 2.05) is 0 Å². The van der Waals surface area contributed by atoms with Gasteiger partial charge in [0.05, 0.1) is 0 Å². The smallest absolute Gasteiger partial charge is 0.182 e. The molecule has 1 rings (SSSR count). The van der Waals surface area contributed by atoms with Crippen molar-refractivity contribution in [2.45, 2.75) is 13.8 Å². The summed E-state index contributed by atoms with van der Waals surface area (Å²) in [5.74, 6) is 0. The molecule has 0 saturated carbocycles. The molecule has 0 fully saturated rings. The van der Waals surface area contributed by atoms with E-state index in [1.165, 1.54) is 16.3 Å². The first-order chi connectivity index (χ1) is 5.61. The number of hydrogen-bond donors (Lipinski definition) is 0. The Morgan fingerprint density at radius 1 is 1.17 bits per heavy atom. The number of aryl methyl sites for hydroxylation is 1. The van der Waals surface area contributed by atoms with Crippen molar-refractivity contribution in [1.29, 1.82) is 0 Å². The standard InChI is InChI=1S/C10H15NSi/c1-8-6-5-7-10(9(8)2)12-11(3)4/h5-7H,1-4H3. The molecule has 0 spiro atoms. The maximum atomic E-state index is 2.22. The van der Waals surface area contributed by atoms with Crippen molar-refractivity contribution < 1.29 is 0 Å². The van der Waals surface area contributed by atoms with Crippen LogP contribution in [0.5, 0.6) is 0 Å². The number of nitrogens with zero attached hydrogens (tertiary/aromatic N) is 1. The second kappa shape index (κ2) is 3.87.